The Balaban J connectivity index is 3.87. The predicted molar refractivity (Wildman–Crippen MR) is 40.5 cm³/mol. The molecule has 0 fully saturated rings. The fraction of sp³-hybridized carbons (Fsp3) is 0.833. The number of rotatable bonds is 6. The molecule has 0 spiro atoms. The van der Waals surface area contributed by atoms with Gasteiger partial charge in [0.25, 0.3) is 11.4 Å². The lowest BCUT2D eigenvalue weighted by molar-refractivity contribution is -0.779. The molecule has 1 atom stereocenters. The summed E-state index contributed by atoms with van der Waals surface area (Å²) in [7, 11) is 0. The van der Waals surface area contributed by atoms with Crippen molar-refractivity contribution in [1.29, 1.82) is 0 Å². The van der Waals surface area contributed by atoms with Crippen molar-refractivity contribution in [2.24, 2.45) is 0 Å². The Bertz CT molecular complexity index is 166. The minimum absolute atomic E-state index is 0.184. The van der Waals surface area contributed by atoms with Crippen molar-refractivity contribution in [3.63, 3.8) is 0 Å². The van der Waals surface area contributed by atoms with Crippen molar-refractivity contribution in [1.82, 2.24) is 0 Å². The molecule has 1 N–H and O–H groups in total. The summed E-state index contributed by atoms with van der Waals surface area (Å²) in [6.07, 6.45) is -1.33. The molecular formula is C6H11NO6. The van der Waals surface area contributed by atoms with Crippen LogP contribution in [0.1, 0.15) is 26.2 Å². The lowest BCUT2D eigenvalue weighted by atomic mass is 10.2. The third-order valence-electron chi connectivity index (χ3n) is 1.23. The molecule has 7 nitrogen and oxygen atoms in total. The zero-order valence-corrected chi connectivity index (χ0v) is 7.13. The molecule has 0 heterocycles. The second kappa shape index (κ2) is 6.04. The smallest absolute Gasteiger partial charge is 0.450 e. The van der Waals surface area contributed by atoms with E-state index in [0.717, 1.165) is 6.42 Å². The quantitative estimate of drug-likeness (QED) is 0.296. The van der Waals surface area contributed by atoms with Crippen LogP contribution in [0.4, 0.5) is 4.79 Å². The SMILES string of the molecule is CCCCC(OC(=O)O)O[N+](=O)[O-]. The van der Waals surface area contributed by atoms with E-state index in [2.05, 4.69) is 9.57 Å². The summed E-state index contributed by atoms with van der Waals surface area (Å²) >= 11 is 0. The minimum atomic E-state index is -1.58. The summed E-state index contributed by atoms with van der Waals surface area (Å²) in [5.41, 5.74) is 0. The monoisotopic (exact) mass is 193 g/mol. The van der Waals surface area contributed by atoms with Gasteiger partial charge >= 0.3 is 6.16 Å². The number of ether oxygens (including phenoxy) is 1. The Morgan fingerprint density at radius 2 is 2.31 bits per heavy atom. The zero-order valence-electron chi connectivity index (χ0n) is 7.13. The van der Waals surface area contributed by atoms with Crippen molar-refractivity contribution >= 4 is 6.16 Å². The number of unbranched alkanes of at least 4 members (excludes halogenated alkanes) is 1. The number of hydrogen-bond acceptors (Lipinski definition) is 5. The molecule has 0 saturated carbocycles. The van der Waals surface area contributed by atoms with E-state index in [9.17, 15) is 14.9 Å². The van der Waals surface area contributed by atoms with Crippen LogP contribution in [0.15, 0.2) is 0 Å². The summed E-state index contributed by atoms with van der Waals surface area (Å²) in [5.74, 6) is 0. The molecule has 76 valence electrons. The first-order chi connectivity index (χ1) is 6.06. The fourth-order valence-corrected chi connectivity index (χ4v) is 0.712. The predicted octanol–water partition coefficient (Wildman–Crippen LogP) is 1.41. The average molecular weight is 193 g/mol. The first-order valence-electron chi connectivity index (χ1n) is 3.77. The molecule has 13 heavy (non-hydrogen) atoms. The van der Waals surface area contributed by atoms with Gasteiger partial charge in [0, 0.05) is 6.42 Å². The molecule has 0 radical (unpaired) electrons. The van der Waals surface area contributed by atoms with Crippen molar-refractivity contribution in [2.75, 3.05) is 0 Å². The summed E-state index contributed by atoms with van der Waals surface area (Å²) in [4.78, 5) is 23.9. The Labute approximate surface area is 74.4 Å². The molecule has 0 aliphatic carbocycles. The highest BCUT2D eigenvalue weighted by Crippen LogP contribution is 2.06. The second-order valence-electron chi connectivity index (χ2n) is 2.28. The van der Waals surface area contributed by atoms with Gasteiger partial charge in [0.2, 0.25) is 0 Å². The van der Waals surface area contributed by atoms with E-state index in [1.165, 1.54) is 0 Å². The van der Waals surface area contributed by atoms with E-state index in [0.29, 0.717) is 6.42 Å². The van der Waals surface area contributed by atoms with Crippen LogP contribution < -0.4 is 0 Å². The highest BCUT2D eigenvalue weighted by Gasteiger charge is 2.16. The summed E-state index contributed by atoms with van der Waals surface area (Å²) in [6.45, 7) is 1.87. The molecule has 0 aromatic rings. The largest absolute Gasteiger partial charge is 0.507 e. The van der Waals surface area contributed by atoms with Crippen LogP contribution in [0.3, 0.4) is 0 Å². The topological polar surface area (TPSA) is 98.9 Å². The lowest BCUT2D eigenvalue weighted by Gasteiger charge is -2.12. The first-order valence-corrected chi connectivity index (χ1v) is 3.77. The van der Waals surface area contributed by atoms with Gasteiger partial charge in [-0.25, -0.2) is 4.79 Å². The highest BCUT2D eigenvalue weighted by molar-refractivity contribution is 5.56. The molecule has 0 aromatic carbocycles. The van der Waals surface area contributed by atoms with Gasteiger partial charge in [-0.3, -0.25) is 4.84 Å². The van der Waals surface area contributed by atoms with Crippen LogP contribution in [-0.2, 0) is 9.57 Å². The van der Waals surface area contributed by atoms with E-state index in [4.69, 9.17) is 5.11 Å². The molecule has 0 aromatic heterocycles. The van der Waals surface area contributed by atoms with Gasteiger partial charge in [0.05, 0.1) is 0 Å². The van der Waals surface area contributed by atoms with Crippen LogP contribution >= 0.6 is 0 Å². The first kappa shape index (κ1) is 11.5. The second-order valence-corrected chi connectivity index (χ2v) is 2.28. The summed E-state index contributed by atoms with van der Waals surface area (Å²) in [6, 6.07) is 0. The van der Waals surface area contributed by atoms with Gasteiger partial charge in [0.15, 0.2) is 0 Å². The third-order valence-corrected chi connectivity index (χ3v) is 1.23. The van der Waals surface area contributed by atoms with Gasteiger partial charge in [-0.1, -0.05) is 13.3 Å². The number of nitrogens with zero attached hydrogens (tertiary/aromatic N) is 1. The molecule has 1 unspecified atom stereocenters. The van der Waals surface area contributed by atoms with Gasteiger partial charge in [0.1, 0.15) is 0 Å². The molecule has 0 aliphatic heterocycles. The minimum Gasteiger partial charge on any atom is -0.450 e. The van der Waals surface area contributed by atoms with Crippen LogP contribution in [0.2, 0.25) is 0 Å². The maximum atomic E-state index is 10.0. The average Bonchev–Trinajstić information content (AvgIpc) is 1.98. The Hall–Kier alpha value is -1.53. The highest BCUT2D eigenvalue weighted by atomic mass is 17.0. The van der Waals surface area contributed by atoms with Gasteiger partial charge in [-0.2, -0.15) is 0 Å². The zero-order chi connectivity index (χ0) is 10.3. The van der Waals surface area contributed by atoms with E-state index in [1.54, 1.807) is 0 Å². The molecule has 0 saturated heterocycles. The van der Waals surface area contributed by atoms with Gasteiger partial charge in [-0.05, 0) is 6.42 Å². The van der Waals surface area contributed by atoms with Crippen LogP contribution in [0.25, 0.3) is 0 Å². The standard InChI is InChI=1S/C6H11NO6/c1-2-3-4-5(12-6(8)9)13-7(10)11/h5H,2-4H2,1H3,(H,8,9). The fourth-order valence-electron chi connectivity index (χ4n) is 0.712. The van der Waals surface area contributed by atoms with Crippen molar-refractivity contribution < 1.29 is 24.6 Å². The summed E-state index contributed by atoms with van der Waals surface area (Å²) < 4.78 is 4.12. The van der Waals surface area contributed by atoms with Crippen LogP contribution in [0.5, 0.6) is 0 Å². The summed E-state index contributed by atoms with van der Waals surface area (Å²) in [5, 5.41) is 17.0. The third kappa shape index (κ3) is 6.85. The maximum Gasteiger partial charge on any atom is 0.507 e. The van der Waals surface area contributed by atoms with Gasteiger partial charge in [-0.15, -0.1) is 10.1 Å². The lowest BCUT2D eigenvalue weighted by Crippen LogP contribution is -2.23. The van der Waals surface area contributed by atoms with Crippen LogP contribution in [0, 0.1) is 10.1 Å². The van der Waals surface area contributed by atoms with Crippen molar-refractivity contribution in [2.45, 2.75) is 32.5 Å². The van der Waals surface area contributed by atoms with Gasteiger partial charge < -0.3 is 9.84 Å². The molecule has 7 heteroatoms. The molecular weight excluding hydrogens is 182 g/mol. The van der Waals surface area contributed by atoms with Crippen LogP contribution in [-0.4, -0.2) is 22.6 Å². The number of carbonyl (C=O) groups is 1. The normalized spacial score (nSPS) is 11.8. The Morgan fingerprint density at radius 1 is 1.69 bits per heavy atom. The molecule has 0 bridgehead atoms. The number of hydrogen-bond donors (Lipinski definition) is 1. The van der Waals surface area contributed by atoms with E-state index >= 15 is 0 Å². The molecule has 0 amide bonds. The van der Waals surface area contributed by atoms with E-state index in [-0.39, 0.29) is 6.42 Å². The van der Waals surface area contributed by atoms with E-state index in [1.807, 2.05) is 6.92 Å². The van der Waals surface area contributed by atoms with Crippen molar-refractivity contribution in [3.8, 4) is 0 Å². The number of carboxylic acid groups (broad SMARTS) is 1. The van der Waals surface area contributed by atoms with Crippen molar-refractivity contribution in [3.05, 3.63) is 10.1 Å². The maximum absolute atomic E-state index is 10.0. The Kier molecular flexibility index (Phi) is 5.33. The molecule has 0 rings (SSSR count). The molecule has 0 aliphatic rings. The van der Waals surface area contributed by atoms with E-state index < -0.39 is 17.5 Å². The Morgan fingerprint density at radius 3 is 2.69 bits per heavy atom.